The third-order valence-corrected chi connectivity index (χ3v) is 5.50. The topological polar surface area (TPSA) is 113 Å². The molecule has 0 bridgehead atoms. The summed E-state index contributed by atoms with van der Waals surface area (Å²) in [6, 6.07) is 12.3. The first kappa shape index (κ1) is 20.1. The van der Waals surface area contributed by atoms with Crippen LogP contribution >= 0.6 is 0 Å². The highest BCUT2D eigenvalue weighted by molar-refractivity contribution is 6.11. The second-order valence-corrected chi connectivity index (χ2v) is 7.36. The highest BCUT2D eigenvalue weighted by atomic mass is 16.6. The molecule has 0 aromatic heterocycles. The fourth-order valence-corrected chi connectivity index (χ4v) is 3.96. The summed E-state index contributed by atoms with van der Waals surface area (Å²) in [6.07, 6.45) is -0.576. The monoisotopic (exact) mass is 411 g/mol. The number of fused-ring (bicyclic) bond motifs is 1. The first-order valence-electron chi connectivity index (χ1n) is 9.62. The summed E-state index contributed by atoms with van der Waals surface area (Å²) in [6.45, 7) is 2.69. The standard InChI is InChI=1S/C21H21N3O6/c25-19(15-5-1-3-7-17(15)24(28)29)13-21(27)16-6-2-4-8-18(16)23(20(21)26)14-22-9-11-30-12-10-22/h1-8,27H,9-14H2/t21-/m1/s1. The zero-order valence-electron chi connectivity index (χ0n) is 16.2. The molecule has 156 valence electrons. The number of amides is 1. The van der Waals surface area contributed by atoms with E-state index in [1.807, 2.05) is 4.90 Å². The summed E-state index contributed by atoms with van der Waals surface area (Å²) in [4.78, 5) is 40.3. The van der Waals surface area contributed by atoms with Crippen LogP contribution in [0, 0.1) is 10.1 Å². The summed E-state index contributed by atoms with van der Waals surface area (Å²) in [5.41, 5.74) is -1.70. The second kappa shape index (κ2) is 7.94. The molecule has 0 unspecified atom stereocenters. The van der Waals surface area contributed by atoms with Crippen LogP contribution in [0.5, 0.6) is 0 Å². The van der Waals surface area contributed by atoms with Gasteiger partial charge in [0.2, 0.25) is 0 Å². The average molecular weight is 411 g/mol. The van der Waals surface area contributed by atoms with Crippen molar-refractivity contribution in [3.63, 3.8) is 0 Å². The fraction of sp³-hybridized carbons (Fsp3) is 0.333. The molecule has 1 atom stereocenters. The number of nitro benzene ring substituents is 1. The smallest absolute Gasteiger partial charge is 0.280 e. The summed E-state index contributed by atoms with van der Waals surface area (Å²) in [5, 5.41) is 22.6. The Labute approximate surface area is 172 Å². The van der Waals surface area contributed by atoms with Gasteiger partial charge in [0.1, 0.15) is 0 Å². The van der Waals surface area contributed by atoms with Gasteiger partial charge in [-0.15, -0.1) is 0 Å². The lowest BCUT2D eigenvalue weighted by atomic mass is 9.88. The van der Waals surface area contributed by atoms with E-state index in [1.165, 1.54) is 29.2 Å². The van der Waals surface area contributed by atoms with Crippen molar-refractivity contribution in [1.82, 2.24) is 4.90 Å². The van der Waals surface area contributed by atoms with Crippen LogP contribution in [0.25, 0.3) is 0 Å². The van der Waals surface area contributed by atoms with Crippen molar-refractivity contribution in [2.24, 2.45) is 0 Å². The Morgan fingerprint density at radius 1 is 1.13 bits per heavy atom. The van der Waals surface area contributed by atoms with Gasteiger partial charge in [0.15, 0.2) is 11.4 Å². The lowest BCUT2D eigenvalue weighted by Gasteiger charge is -2.31. The van der Waals surface area contributed by atoms with Crippen molar-refractivity contribution in [3.05, 3.63) is 69.8 Å². The van der Waals surface area contributed by atoms with Gasteiger partial charge in [-0.05, 0) is 12.1 Å². The van der Waals surface area contributed by atoms with Crippen LogP contribution in [-0.2, 0) is 15.1 Å². The Bertz CT molecular complexity index is 1000. The van der Waals surface area contributed by atoms with Gasteiger partial charge in [-0.3, -0.25) is 29.5 Å². The lowest BCUT2D eigenvalue weighted by molar-refractivity contribution is -0.385. The molecule has 2 aliphatic heterocycles. The highest BCUT2D eigenvalue weighted by Crippen LogP contribution is 2.43. The second-order valence-electron chi connectivity index (χ2n) is 7.36. The van der Waals surface area contributed by atoms with E-state index in [-0.39, 0.29) is 17.9 Å². The van der Waals surface area contributed by atoms with Gasteiger partial charge < -0.3 is 9.84 Å². The SMILES string of the molecule is O=C(C[C@]1(O)C(=O)N(CN2CCOCC2)c2ccccc21)c1ccccc1[N+](=O)[O-]. The van der Waals surface area contributed by atoms with Gasteiger partial charge in [-0.2, -0.15) is 0 Å². The van der Waals surface area contributed by atoms with Crippen molar-refractivity contribution < 1.29 is 24.4 Å². The first-order valence-corrected chi connectivity index (χ1v) is 9.62. The van der Waals surface area contributed by atoms with E-state index >= 15 is 0 Å². The Kier molecular flexibility index (Phi) is 5.33. The van der Waals surface area contributed by atoms with E-state index in [2.05, 4.69) is 0 Å². The number of hydrogen-bond acceptors (Lipinski definition) is 7. The number of para-hydroxylation sites is 2. The number of Topliss-reactive ketones (excluding diaryl/α,β-unsaturated/α-hetero) is 1. The predicted molar refractivity (Wildman–Crippen MR) is 107 cm³/mol. The Hall–Kier alpha value is -3.14. The molecule has 1 amide bonds. The van der Waals surface area contributed by atoms with Crippen LogP contribution in [0.15, 0.2) is 48.5 Å². The van der Waals surface area contributed by atoms with Gasteiger partial charge in [-0.25, -0.2) is 0 Å². The van der Waals surface area contributed by atoms with E-state index in [9.17, 15) is 24.8 Å². The maximum Gasteiger partial charge on any atom is 0.280 e. The average Bonchev–Trinajstić information content (AvgIpc) is 2.96. The van der Waals surface area contributed by atoms with E-state index in [1.54, 1.807) is 24.3 Å². The van der Waals surface area contributed by atoms with Crippen molar-refractivity contribution >= 4 is 23.1 Å². The summed E-state index contributed by atoms with van der Waals surface area (Å²) in [5.74, 6) is -1.27. The zero-order valence-corrected chi connectivity index (χ0v) is 16.2. The van der Waals surface area contributed by atoms with Crippen molar-refractivity contribution in [3.8, 4) is 0 Å². The molecule has 0 spiro atoms. The van der Waals surface area contributed by atoms with Crippen molar-refractivity contribution in [1.29, 1.82) is 0 Å². The Balaban J connectivity index is 1.65. The number of nitrogens with zero attached hydrogens (tertiary/aromatic N) is 3. The molecule has 2 heterocycles. The number of hydrogen-bond donors (Lipinski definition) is 1. The highest BCUT2D eigenvalue weighted by Gasteiger charge is 2.51. The summed E-state index contributed by atoms with van der Waals surface area (Å²) in [7, 11) is 0. The number of carbonyl (C=O) groups is 2. The number of aliphatic hydroxyl groups is 1. The quantitative estimate of drug-likeness (QED) is 0.437. The van der Waals surface area contributed by atoms with E-state index in [0.29, 0.717) is 37.6 Å². The van der Waals surface area contributed by atoms with Gasteiger partial charge in [0, 0.05) is 24.7 Å². The minimum absolute atomic E-state index is 0.132. The zero-order chi connectivity index (χ0) is 21.3. The molecular weight excluding hydrogens is 390 g/mol. The maximum absolute atomic E-state index is 13.3. The van der Waals surface area contributed by atoms with Gasteiger partial charge in [-0.1, -0.05) is 30.3 Å². The number of rotatable bonds is 6. The molecule has 9 heteroatoms. The third kappa shape index (κ3) is 3.47. The van der Waals surface area contributed by atoms with Crippen LogP contribution < -0.4 is 4.90 Å². The number of ether oxygens (including phenoxy) is 1. The summed E-state index contributed by atoms with van der Waals surface area (Å²) >= 11 is 0. The van der Waals surface area contributed by atoms with E-state index < -0.39 is 28.6 Å². The number of morpholine rings is 1. The molecular formula is C21H21N3O6. The summed E-state index contributed by atoms with van der Waals surface area (Å²) < 4.78 is 5.34. The minimum Gasteiger partial charge on any atom is -0.379 e. The molecule has 1 saturated heterocycles. The van der Waals surface area contributed by atoms with Crippen LogP contribution in [0.4, 0.5) is 11.4 Å². The van der Waals surface area contributed by atoms with Crippen LogP contribution in [0.1, 0.15) is 22.3 Å². The fourth-order valence-electron chi connectivity index (χ4n) is 3.96. The van der Waals surface area contributed by atoms with Gasteiger partial charge in [0.25, 0.3) is 11.6 Å². The van der Waals surface area contributed by atoms with Gasteiger partial charge >= 0.3 is 0 Å². The van der Waals surface area contributed by atoms with Gasteiger partial charge in [0.05, 0.1) is 42.5 Å². The van der Waals surface area contributed by atoms with E-state index in [4.69, 9.17) is 4.74 Å². The van der Waals surface area contributed by atoms with Crippen LogP contribution in [-0.4, -0.2) is 59.6 Å². The molecule has 0 radical (unpaired) electrons. The van der Waals surface area contributed by atoms with E-state index in [0.717, 1.165) is 0 Å². The van der Waals surface area contributed by atoms with Crippen molar-refractivity contribution in [2.75, 3.05) is 37.9 Å². The normalized spacial score (nSPS) is 21.5. The number of benzene rings is 2. The molecule has 0 aliphatic carbocycles. The molecule has 9 nitrogen and oxygen atoms in total. The number of ketones is 1. The molecule has 2 aliphatic rings. The lowest BCUT2D eigenvalue weighted by Crippen LogP contribution is -2.49. The molecule has 2 aromatic rings. The maximum atomic E-state index is 13.3. The molecule has 4 rings (SSSR count). The Morgan fingerprint density at radius 2 is 1.80 bits per heavy atom. The number of carbonyl (C=O) groups excluding carboxylic acids is 2. The Morgan fingerprint density at radius 3 is 2.53 bits per heavy atom. The molecule has 2 aromatic carbocycles. The number of nitro groups is 1. The third-order valence-electron chi connectivity index (χ3n) is 5.50. The molecule has 0 saturated carbocycles. The van der Waals surface area contributed by atoms with Crippen molar-refractivity contribution in [2.45, 2.75) is 12.0 Å². The molecule has 1 fully saturated rings. The predicted octanol–water partition coefficient (Wildman–Crippen LogP) is 1.69. The number of anilines is 1. The van der Waals surface area contributed by atoms with Crippen LogP contribution in [0.3, 0.4) is 0 Å². The molecule has 30 heavy (non-hydrogen) atoms. The minimum atomic E-state index is -2.08. The van der Waals surface area contributed by atoms with Crippen LogP contribution in [0.2, 0.25) is 0 Å². The molecule has 1 N–H and O–H groups in total. The first-order chi connectivity index (χ1) is 14.4. The largest absolute Gasteiger partial charge is 0.379 e.